The number of carbonyl (C=O) groups is 3. The molecule has 0 spiro atoms. The van der Waals surface area contributed by atoms with Gasteiger partial charge in [0, 0.05) is 6.42 Å². The van der Waals surface area contributed by atoms with Crippen molar-refractivity contribution in [3.8, 4) is 0 Å². The fraction of sp³-hybridized carbons (Fsp3) is 0.308. The van der Waals surface area contributed by atoms with E-state index in [1.807, 2.05) is 30.3 Å². The third kappa shape index (κ3) is 5.49. The summed E-state index contributed by atoms with van der Waals surface area (Å²) in [4.78, 5) is 33.8. The predicted octanol–water partition coefficient (Wildman–Crippen LogP) is -1.73. The van der Waals surface area contributed by atoms with Crippen LogP contribution in [0.2, 0.25) is 0 Å². The number of carbonyl (C=O) groups excluding carboxylic acids is 3. The lowest BCUT2D eigenvalue weighted by Crippen LogP contribution is -2.49. The van der Waals surface area contributed by atoms with Crippen molar-refractivity contribution in [2.45, 2.75) is 12.5 Å². The third-order valence-electron chi connectivity index (χ3n) is 2.59. The summed E-state index contributed by atoms with van der Waals surface area (Å²) in [5.41, 5.74) is 11.2. The molecule has 108 valence electrons. The molecule has 6 N–H and O–H groups in total. The van der Waals surface area contributed by atoms with Gasteiger partial charge in [-0.25, -0.2) is 0 Å². The first-order valence-corrected chi connectivity index (χ1v) is 6.12. The minimum atomic E-state index is -0.820. The number of benzene rings is 1. The highest BCUT2D eigenvalue weighted by Crippen LogP contribution is 2.02. The molecule has 7 nitrogen and oxygen atoms in total. The van der Waals surface area contributed by atoms with Crippen molar-refractivity contribution in [1.82, 2.24) is 10.6 Å². The van der Waals surface area contributed by atoms with E-state index >= 15 is 0 Å². The van der Waals surface area contributed by atoms with Crippen LogP contribution < -0.4 is 22.1 Å². The van der Waals surface area contributed by atoms with Crippen LogP contribution in [0.4, 0.5) is 0 Å². The molecule has 0 radical (unpaired) electrons. The van der Waals surface area contributed by atoms with Gasteiger partial charge in [0.1, 0.15) is 6.04 Å². The van der Waals surface area contributed by atoms with E-state index in [1.165, 1.54) is 0 Å². The molecule has 1 aromatic rings. The van der Waals surface area contributed by atoms with Crippen LogP contribution in [0.25, 0.3) is 0 Å². The predicted molar refractivity (Wildman–Crippen MR) is 73.3 cm³/mol. The van der Waals surface area contributed by atoms with E-state index < -0.39 is 23.8 Å². The normalized spacial score (nSPS) is 11.4. The summed E-state index contributed by atoms with van der Waals surface area (Å²) in [5, 5.41) is 4.79. The Hall–Kier alpha value is -2.41. The van der Waals surface area contributed by atoms with E-state index in [9.17, 15) is 14.4 Å². The van der Waals surface area contributed by atoms with Gasteiger partial charge in [-0.1, -0.05) is 30.3 Å². The van der Waals surface area contributed by atoms with Gasteiger partial charge >= 0.3 is 0 Å². The fourth-order valence-electron chi connectivity index (χ4n) is 1.57. The maximum atomic E-state index is 11.6. The van der Waals surface area contributed by atoms with E-state index in [-0.39, 0.29) is 13.1 Å². The largest absolute Gasteiger partial charge is 0.368 e. The highest BCUT2D eigenvalue weighted by Gasteiger charge is 2.18. The molecular formula is C13H18N4O3. The SMILES string of the molecule is NCC(=O)NCC(=O)NC(Cc1ccccc1)C(N)=O. The van der Waals surface area contributed by atoms with Gasteiger partial charge in [-0.15, -0.1) is 0 Å². The second-order valence-electron chi connectivity index (χ2n) is 4.19. The Morgan fingerprint density at radius 2 is 1.75 bits per heavy atom. The summed E-state index contributed by atoms with van der Waals surface area (Å²) < 4.78 is 0. The second kappa shape index (κ2) is 7.90. The summed E-state index contributed by atoms with van der Waals surface area (Å²) in [5.74, 6) is -1.57. The van der Waals surface area contributed by atoms with Gasteiger partial charge in [-0.05, 0) is 5.56 Å². The number of hydrogen-bond donors (Lipinski definition) is 4. The molecule has 0 bridgehead atoms. The molecule has 0 saturated heterocycles. The quantitative estimate of drug-likeness (QED) is 0.472. The lowest BCUT2D eigenvalue weighted by molar-refractivity contribution is -0.128. The first kappa shape index (κ1) is 15.6. The third-order valence-corrected chi connectivity index (χ3v) is 2.59. The number of nitrogens with one attached hydrogen (secondary N) is 2. The summed E-state index contributed by atoms with van der Waals surface area (Å²) in [6.07, 6.45) is 0.298. The number of rotatable bonds is 7. The Morgan fingerprint density at radius 1 is 1.10 bits per heavy atom. The molecule has 1 unspecified atom stereocenters. The number of nitrogens with two attached hydrogens (primary N) is 2. The average molecular weight is 278 g/mol. The van der Waals surface area contributed by atoms with Crippen LogP contribution in [-0.4, -0.2) is 36.9 Å². The number of amides is 3. The Labute approximate surface area is 116 Å². The Morgan fingerprint density at radius 3 is 2.30 bits per heavy atom. The minimum Gasteiger partial charge on any atom is -0.368 e. The standard InChI is InChI=1S/C13H18N4O3/c14-7-11(18)16-8-12(19)17-10(13(15)20)6-9-4-2-1-3-5-9/h1-5,10H,6-8,14H2,(H2,15,20)(H,16,18)(H,17,19). The van der Waals surface area contributed by atoms with Crippen molar-refractivity contribution in [2.24, 2.45) is 11.5 Å². The van der Waals surface area contributed by atoms with Crippen LogP contribution in [0, 0.1) is 0 Å². The van der Waals surface area contributed by atoms with Crippen molar-refractivity contribution >= 4 is 17.7 Å². The van der Waals surface area contributed by atoms with Gasteiger partial charge in [0.2, 0.25) is 17.7 Å². The molecule has 0 fully saturated rings. The zero-order chi connectivity index (χ0) is 15.0. The Kier molecular flexibility index (Phi) is 6.18. The Balaban J connectivity index is 2.53. The van der Waals surface area contributed by atoms with Gasteiger partial charge in [-0.3, -0.25) is 14.4 Å². The summed E-state index contributed by atoms with van der Waals surface area (Å²) in [7, 11) is 0. The summed E-state index contributed by atoms with van der Waals surface area (Å²) in [6.45, 7) is -0.439. The van der Waals surface area contributed by atoms with E-state index in [0.29, 0.717) is 6.42 Å². The average Bonchev–Trinajstić information content (AvgIpc) is 2.45. The molecular weight excluding hydrogens is 260 g/mol. The van der Waals surface area contributed by atoms with Gasteiger partial charge < -0.3 is 22.1 Å². The monoisotopic (exact) mass is 278 g/mol. The molecule has 0 aliphatic carbocycles. The lowest BCUT2D eigenvalue weighted by Gasteiger charge is -2.15. The van der Waals surface area contributed by atoms with Crippen molar-refractivity contribution in [2.75, 3.05) is 13.1 Å². The molecule has 0 heterocycles. The molecule has 0 saturated carbocycles. The molecule has 0 aromatic heterocycles. The van der Waals surface area contributed by atoms with Crippen molar-refractivity contribution in [3.63, 3.8) is 0 Å². The summed E-state index contributed by atoms with van der Waals surface area (Å²) in [6, 6.07) is 8.35. The zero-order valence-electron chi connectivity index (χ0n) is 11.0. The Bertz CT molecular complexity index is 476. The van der Waals surface area contributed by atoms with Crippen LogP contribution >= 0.6 is 0 Å². The zero-order valence-corrected chi connectivity index (χ0v) is 11.0. The van der Waals surface area contributed by atoms with Crippen LogP contribution in [0.15, 0.2) is 30.3 Å². The molecule has 7 heteroatoms. The molecule has 0 aliphatic rings. The first-order valence-electron chi connectivity index (χ1n) is 6.12. The maximum Gasteiger partial charge on any atom is 0.240 e. The van der Waals surface area contributed by atoms with Crippen molar-refractivity contribution in [3.05, 3.63) is 35.9 Å². The molecule has 0 aliphatic heterocycles. The topological polar surface area (TPSA) is 127 Å². The van der Waals surface area contributed by atoms with Crippen LogP contribution in [-0.2, 0) is 20.8 Å². The number of primary amides is 1. The van der Waals surface area contributed by atoms with Crippen molar-refractivity contribution in [1.29, 1.82) is 0 Å². The van der Waals surface area contributed by atoms with Gasteiger partial charge in [0.15, 0.2) is 0 Å². The van der Waals surface area contributed by atoms with Crippen LogP contribution in [0.1, 0.15) is 5.56 Å². The minimum absolute atomic E-state index is 0.198. The fourth-order valence-corrected chi connectivity index (χ4v) is 1.57. The van der Waals surface area contributed by atoms with E-state index in [2.05, 4.69) is 10.6 Å². The van der Waals surface area contributed by atoms with E-state index in [4.69, 9.17) is 11.5 Å². The number of hydrogen-bond acceptors (Lipinski definition) is 4. The van der Waals surface area contributed by atoms with Gasteiger partial charge in [0.25, 0.3) is 0 Å². The van der Waals surface area contributed by atoms with Crippen molar-refractivity contribution < 1.29 is 14.4 Å². The van der Waals surface area contributed by atoms with Gasteiger partial charge in [-0.2, -0.15) is 0 Å². The van der Waals surface area contributed by atoms with Crippen LogP contribution in [0.5, 0.6) is 0 Å². The molecule has 20 heavy (non-hydrogen) atoms. The van der Waals surface area contributed by atoms with E-state index in [0.717, 1.165) is 5.56 Å². The smallest absolute Gasteiger partial charge is 0.240 e. The molecule has 1 aromatic carbocycles. The van der Waals surface area contributed by atoms with Crippen LogP contribution in [0.3, 0.4) is 0 Å². The summed E-state index contributed by atoms with van der Waals surface area (Å²) >= 11 is 0. The second-order valence-corrected chi connectivity index (χ2v) is 4.19. The highest BCUT2D eigenvalue weighted by atomic mass is 16.2. The van der Waals surface area contributed by atoms with Gasteiger partial charge in [0.05, 0.1) is 13.1 Å². The molecule has 3 amide bonds. The maximum absolute atomic E-state index is 11.6. The van der Waals surface area contributed by atoms with E-state index in [1.54, 1.807) is 0 Å². The molecule has 1 atom stereocenters. The molecule has 1 rings (SSSR count). The lowest BCUT2D eigenvalue weighted by atomic mass is 10.1. The highest BCUT2D eigenvalue weighted by molar-refractivity contribution is 5.89. The first-order chi connectivity index (χ1) is 9.52.